The van der Waals surface area contributed by atoms with Gasteiger partial charge in [0, 0.05) is 35.5 Å². The Bertz CT molecular complexity index is 1340. The number of methoxy groups -OCH3 is 1. The Morgan fingerprint density at radius 3 is 2.76 bits per heavy atom. The van der Waals surface area contributed by atoms with E-state index in [9.17, 15) is 4.79 Å². The third kappa shape index (κ3) is 4.29. The van der Waals surface area contributed by atoms with Gasteiger partial charge in [-0.05, 0) is 55.7 Å². The molecule has 1 fully saturated rings. The number of furan rings is 1. The van der Waals surface area contributed by atoms with Crippen LogP contribution in [-0.2, 0) is 0 Å². The number of ether oxygens (including phenoxy) is 1. The molecule has 0 radical (unpaired) electrons. The van der Waals surface area contributed by atoms with Crippen LogP contribution < -0.4 is 15.8 Å². The monoisotopic (exact) mass is 455 g/mol. The predicted octanol–water partition coefficient (Wildman–Crippen LogP) is 5.48. The van der Waals surface area contributed by atoms with Crippen molar-refractivity contribution >= 4 is 17.0 Å². The number of carbonyl (C=O) groups is 1. The molecule has 34 heavy (non-hydrogen) atoms. The first-order valence-electron chi connectivity index (χ1n) is 11.7. The van der Waals surface area contributed by atoms with E-state index >= 15 is 0 Å². The molecule has 0 spiro atoms. The minimum atomic E-state index is -0.0980. The fourth-order valence-electron chi connectivity index (χ4n) is 4.73. The summed E-state index contributed by atoms with van der Waals surface area (Å²) in [6.45, 7) is 2.03. The quantitative estimate of drug-likeness (QED) is 0.416. The average Bonchev–Trinajstić information content (AvgIpc) is 3.30. The van der Waals surface area contributed by atoms with Crippen LogP contribution >= 0.6 is 0 Å². The first-order chi connectivity index (χ1) is 16.5. The normalized spacial score (nSPS) is 18.1. The van der Waals surface area contributed by atoms with E-state index in [1.165, 1.54) is 0 Å². The molecule has 6 heteroatoms. The summed E-state index contributed by atoms with van der Waals surface area (Å²) >= 11 is 0. The van der Waals surface area contributed by atoms with Gasteiger partial charge in [0.1, 0.15) is 17.0 Å². The maximum Gasteiger partial charge on any atom is 0.251 e. The Kier molecular flexibility index (Phi) is 6.07. The molecular formula is C28H29N3O3. The van der Waals surface area contributed by atoms with Gasteiger partial charge < -0.3 is 20.2 Å². The van der Waals surface area contributed by atoms with Crippen molar-refractivity contribution in [2.75, 3.05) is 7.11 Å². The molecule has 1 aliphatic carbocycles. The van der Waals surface area contributed by atoms with Crippen LogP contribution in [0, 0.1) is 6.92 Å². The van der Waals surface area contributed by atoms with Crippen molar-refractivity contribution in [2.24, 2.45) is 5.73 Å². The minimum Gasteiger partial charge on any atom is -0.496 e. The number of aryl methyl sites for hydroxylation is 1. The number of amides is 1. The zero-order chi connectivity index (χ0) is 23.7. The molecule has 5 rings (SSSR count). The Hall–Kier alpha value is -3.64. The van der Waals surface area contributed by atoms with Crippen molar-refractivity contribution in [3.05, 3.63) is 71.9 Å². The summed E-state index contributed by atoms with van der Waals surface area (Å²) in [6.07, 6.45) is 5.86. The van der Waals surface area contributed by atoms with Crippen molar-refractivity contribution in [2.45, 2.75) is 44.7 Å². The molecule has 2 aromatic heterocycles. The van der Waals surface area contributed by atoms with E-state index in [-0.39, 0.29) is 18.0 Å². The minimum absolute atomic E-state index is 0.0147. The average molecular weight is 456 g/mol. The summed E-state index contributed by atoms with van der Waals surface area (Å²) in [5, 5.41) is 3.13. The van der Waals surface area contributed by atoms with Gasteiger partial charge in [-0.3, -0.25) is 9.78 Å². The fourth-order valence-corrected chi connectivity index (χ4v) is 4.73. The van der Waals surface area contributed by atoms with Crippen LogP contribution in [0.4, 0.5) is 0 Å². The van der Waals surface area contributed by atoms with Gasteiger partial charge in [-0.2, -0.15) is 0 Å². The van der Waals surface area contributed by atoms with E-state index in [1.54, 1.807) is 13.3 Å². The first kappa shape index (κ1) is 22.2. The highest BCUT2D eigenvalue weighted by molar-refractivity contribution is 5.98. The Balaban J connectivity index is 1.49. The number of fused-ring (bicyclic) bond motifs is 1. The topological polar surface area (TPSA) is 90.4 Å². The van der Waals surface area contributed by atoms with Crippen LogP contribution in [0.15, 0.2) is 65.2 Å². The van der Waals surface area contributed by atoms with Gasteiger partial charge in [-0.25, -0.2) is 0 Å². The molecule has 0 saturated heterocycles. The predicted molar refractivity (Wildman–Crippen MR) is 134 cm³/mol. The van der Waals surface area contributed by atoms with E-state index in [0.717, 1.165) is 59.2 Å². The summed E-state index contributed by atoms with van der Waals surface area (Å²) in [7, 11) is 1.65. The Morgan fingerprint density at radius 2 is 1.94 bits per heavy atom. The van der Waals surface area contributed by atoms with Crippen LogP contribution in [-0.4, -0.2) is 30.1 Å². The molecule has 6 nitrogen and oxygen atoms in total. The number of carbonyl (C=O) groups excluding carboxylic acids is 1. The van der Waals surface area contributed by atoms with Gasteiger partial charge in [-0.15, -0.1) is 0 Å². The molecule has 0 aliphatic heterocycles. The van der Waals surface area contributed by atoms with Crippen LogP contribution in [0.5, 0.6) is 5.75 Å². The highest BCUT2D eigenvalue weighted by Gasteiger charge is 2.24. The zero-order valence-electron chi connectivity index (χ0n) is 19.5. The molecule has 4 aromatic rings. The third-order valence-electron chi connectivity index (χ3n) is 6.60. The number of aromatic nitrogens is 1. The van der Waals surface area contributed by atoms with Crippen molar-refractivity contribution in [1.29, 1.82) is 0 Å². The van der Waals surface area contributed by atoms with Gasteiger partial charge in [-0.1, -0.05) is 36.6 Å². The molecule has 1 aliphatic rings. The highest BCUT2D eigenvalue weighted by atomic mass is 16.5. The maximum atomic E-state index is 13.0. The molecule has 1 amide bonds. The van der Waals surface area contributed by atoms with Gasteiger partial charge in [0.25, 0.3) is 5.91 Å². The maximum absolute atomic E-state index is 13.0. The smallest absolute Gasteiger partial charge is 0.251 e. The van der Waals surface area contributed by atoms with Crippen molar-refractivity contribution in [3.8, 4) is 28.2 Å². The van der Waals surface area contributed by atoms with Gasteiger partial charge >= 0.3 is 0 Å². The number of nitrogens with two attached hydrogens (primary N) is 1. The van der Waals surface area contributed by atoms with E-state index in [1.807, 2.05) is 61.5 Å². The lowest BCUT2D eigenvalue weighted by atomic mass is 9.91. The summed E-state index contributed by atoms with van der Waals surface area (Å²) in [5.74, 6) is 1.33. The second kappa shape index (κ2) is 9.31. The number of rotatable bonds is 5. The largest absolute Gasteiger partial charge is 0.496 e. The third-order valence-corrected chi connectivity index (χ3v) is 6.60. The van der Waals surface area contributed by atoms with Crippen LogP contribution in [0.3, 0.4) is 0 Å². The lowest BCUT2D eigenvalue weighted by Gasteiger charge is -2.29. The highest BCUT2D eigenvalue weighted by Crippen LogP contribution is 2.37. The second-order valence-electron chi connectivity index (χ2n) is 9.00. The molecule has 0 bridgehead atoms. The zero-order valence-corrected chi connectivity index (χ0v) is 19.5. The molecule has 2 aromatic carbocycles. The fraction of sp³-hybridized carbons (Fsp3) is 0.286. The lowest BCUT2D eigenvalue weighted by Crippen LogP contribution is -2.49. The van der Waals surface area contributed by atoms with E-state index in [2.05, 4.69) is 10.3 Å². The lowest BCUT2D eigenvalue weighted by molar-refractivity contribution is 0.0921. The second-order valence-corrected chi connectivity index (χ2v) is 9.00. The van der Waals surface area contributed by atoms with E-state index < -0.39 is 0 Å². The van der Waals surface area contributed by atoms with Crippen molar-refractivity contribution in [1.82, 2.24) is 10.3 Å². The molecule has 174 valence electrons. The number of hydrogen-bond acceptors (Lipinski definition) is 5. The molecule has 2 heterocycles. The summed E-state index contributed by atoms with van der Waals surface area (Å²) in [4.78, 5) is 17.5. The first-order valence-corrected chi connectivity index (χ1v) is 11.7. The van der Waals surface area contributed by atoms with Gasteiger partial charge in [0.2, 0.25) is 0 Å². The standard InChI is InChI=1S/C28H29N3O3/c1-17-10-11-25(33-2)21(14-17)26-16-24-27(34-26)20(12-13-30-24)18-6-5-7-19(15-18)28(32)31-23-9-4-3-8-22(23)29/h5-7,10-16,22-23H,3-4,8-9,29H2,1-2H3,(H,31,32)/t22-,23?/m0/s1. The molecular weight excluding hydrogens is 426 g/mol. The van der Waals surface area contributed by atoms with Crippen LogP contribution in [0.2, 0.25) is 0 Å². The van der Waals surface area contributed by atoms with Gasteiger partial charge in [0.05, 0.1) is 12.7 Å². The number of hydrogen-bond donors (Lipinski definition) is 2. The van der Waals surface area contributed by atoms with E-state index in [0.29, 0.717) is 16.9 Å². The van der Waals surface area contributed by atoms with Crippen LogP contribution in [0.25, 0.3) is 33.6 Å². The summed E-state index contributed by atoms with van der Waals surface area (Å²) < 4.78 is 11.9. The van der Waals surface area contributed by atoms with E-state index in [4.69, 9.17) is 14.9 Å². The van der Waals surface area contributed by atoms with Crippen molar-refractivity contribution < 1.29 is 13.9 Å². The molecule has 1 saturated carbocycles. The summed E-state index contributed by atoms with van der Waals surface area (Å²) in [6, 6.07) is 17.5. The SMILES string of the molecule is COc1ccc(C)cc1-c1cc2nccc(-c3cccc(C(=O)NC4CCCC[C@@H]4N)c3)c2o1. The Morgan fingerprint density at radius 1 is 1.09 bits per heavy atom. The molecule has 3 N–H and O–H groups in total. The number of pyridine rings is 1. The molecule has 1 unspecified atom stereocenters. The summed E-state index contributed by atoms with van der Waals surface area (Å²) in [5.41, 5.74) is 12.0. The Labute approximate surface area is 199 Å². The number of nitrogens with zero attached hydrogens (tertiary/aromatic N) is 1. The van der Waals surface area contributed by atoms with Gasteiger partial charge in [0.15, 0.2) is 5.58 Å². The van der Waals surface area contributed by atoms with Crippen LogP contribution in [0.1, 0.15) is 41.6 Å². The van der Waals surface area contributed by atoms with Crippen molar-refractivity contribution in [3.63, 3.8) is 0 Å². The number of nitrogens with one attached hydrogen (secondary N) is 1. The molecule has 2 atom stereocenters. The number of benzene rings is 2.